The average molecular weight is 276 g/mol. The summed E-state index contributed by atoms with van der Waals surface area (Å²) in [6.45, 7) is 1.85. The first-order chi connectivity index (χ1) is 8.99. The molecule has 0 saturated heterocycles. The van der Waals surface area contributed by atoms with E-state index >= 15 is 0 Å². The molecule has 0 aliphatic carbocycles. The molecule has 1 aromatic heterocycles. The Morgan fingerprint density at radius 2 is 1.79 bits per heavy atom. The molecule has 1 unspecified atom stereocenters. The van der Waals surface area contributed by atoms with Crippen LogP contribution in [-0.2, 0) is 6.42 Å². The Hall–Kier alpha value is -1.95. The zero-order valence-corrected chi connectivity index (χ0v) is 11.4. The Bertz CT molecular complexity index is 578. The molecule has 2 aromatic rings. The normalized spacial score (nSPS) is 12.3. The quantitative estimate of drug-likeness (QED) is 0.642. The van der Waals surface area contributed by atoms with Crippen LogP contribution in [0.4, 0.5) is 11.6 Å². The van der Waals surface area contributed by atoms with Crippen LogP contribution in [0.1, 0.15) is 29.1 Å². The summed E-state index contributed by atoms with van der Waals surface area (Å²) in [6, 6.07) is 7.02. The lowest BCUT2D eigenvalue weighted by molar-refractivity contribution is 0.469. The Morgan fingerprint density at radius 3 is 2.32 bits per heavy atom. The number of nitrogen functional groups attached to an aromatic ring is 2. The summed E-state index contributed by atoms with van der Waals surface area (Å²) < 4.78 is 0. The van der Waals surface area contributed by atoms with Crippen molar-refractivity contribution in [1.29, 1.82) is 0 Å². The van der Waals surface area contributed by atoms with Crippen LogP contribution in [0.2, 0.25) is 0 Å². The molecule has 0 amide bonds. The molecule has 1 atom stereocenters. The third-order valence-electron chi connectivity index (χ3n) is 2.82. The Labute approximate surface area is 117 Å². The minimum absolute atomic E-state index is 0.135. The van der Waals surface area contributed by atoms with Crippen LogP contribution in [0.3, 0.4) is 0 Å². The minimum atomic E-state index is -0.135. The summed E-state index contributed by atoms with van der Waals surface area (Å²) in [4.78, 5) is 8.38. The van der Waals surface area contributed by atoms with Crippen LogP contribution in [0, 0.1) is 0 Å². The fraction of sp³-hybridized carbons (Fsp3) is 0.231. The number of hydrogen-bond acceptors (Lipinski definition) is 6. The zero-order chi connectivity index (χ0) is 14.0. The summed E-state index contributed by atoms with van der Waals surface area (Å²) in [5, 5.41) is 9.63. The number of nitrogens with zero attached hydrogens (tertiary/aromatic N) is 2. The second kappa shape index (κ2) is 5.36. The number of phenolic OH excluding ortho intramolecular Hbond substituents is 1. The molecule has 0 aliphatic heterocycles. The number of rotatable bonds is 3. The van der Waals surface area contributed by atoms with Gasteiger partial charge in [0.1, 0.15) is 23.2 Å². The molecule has 0 saturated carbocycles. The molecular weight excluding hydrogens is 260 g/mol. The van der Waals surface area contributed by atoms with E-state index in [4.69, 9.17) is 11.5 Å². The standard InChI is InChI=1S/C13H16N4OS/c1-7(19)13-16-11(14)9(12(15)17-13)6-8-4-2-3-5-10(8)18/h2-5,7,18-19H,6H2,1H3,(H4,14,15,16,17). The van der Waals surface area contributed by atoms with E-state index in [-0.39, 0.29) is 11.0 Å². The number of para-hydroxylation sites is 1. The first kappa shape index (κ1) is 13.5. The van der Waals surface area contributed by atoms with Gasteiger partial charge in [-0.3, -0.25) is 0 Å². The van der Waals surface area contributed by atoms with Crippen LogP contribution < -0.4 is 11.5 Å². The zero-order valence-electron chi connectivity index (χ0n) is 10.5. The molecule has 1 aromatic carbocycles. The summed E-state index contributed by atoms with van der Waals surface area (Å²) in [5.41, 5.74) is 13.2. The van der Waals surface area contributed by atoms with Crippen LogP contribution in [0.5, 0.6) is 5.75 Å². The van der Waals surface area contributed by atoms with E-state index < -0.39 is 0 Å². The molecule has 2 rings (SSSR count). The first-order valence-electron chi connectivity index (χ1n) is 5.85. The number of aromatic nitrogens is 2. The monoisotopic (exact) mass is 276 g/mol. The van der Waals surface area contributed by atoms with Crippen LogP contribution in [0.15, 0.2) is 24.3 Å². The van der Waals surface area contributed by atoms with Crippen LogP contribution in [-0.4, -0.2) is 15.1 Å². The Kier molecular flexibility index (Phi) is 3.80. The smallest absolute Gasteiger partial charge is 0.145 e. The van der Waals surface area contributed by atoms with E-state index in [1.807, 2.05) is 19.1 Å². The molecule has 19 heavy (non-hydrogen) atoms. The van der Waals surface area contributed by atoms with Crippen molar-refractivity contribution in [1.82, 2.24) is 9.97 Å². The molecule has 1 heterocycles. The lowest BCUT2D eigenvalue weighted by Crippen LogP contribution is -2.10. The first-order valence-corrected chi connectivity index (χ1v) is 6.37. The van der Waals surface area contributed by atoms with Gasteiger partial charge in [-0.05, 0) is 18.6 Å². The number of anilines is 2. The molecule has 100 valence electrons. The van der Waals surface area contributed by atoms with Gasteiger partial charge in [-0.1, -0.05) is 18.2 Å². The van der Waals surface area contributed by atoms with Gasteiger partial charge in [-0.25, -0.2) is 9.97 Å². The van der Waals surface area contributed by atoms with Gasteiger partial charge in [0.05, 0.1) is 5.25 Å². The topological polar surface area (TPSA) is 98.0 Å². The highest BCUT2D eigenvalue weighted by Crippen LogP contribution is 2.26. The highest BCUT2D eigenvalue weighted by molar-refractivity contribution is 7.80. The second-order valence-electron chi connectivity index (χ2n) is 4.31. The third kappa shape index (κ3) is 2.90. The van der Waals surface area contributed by atoms with Gasteiger partial charge in [0.25, 0.3) is 0 Å². The lowest BCUT2D eigenvalue weighted by atomic mass is 10.0. The maximum atomic E-state index is 9.76. The number of phenols is 1. The van der Waals surface area contributed by atoms with Crippen LogP contribution >= 0.6 is 12.6 Å². The molecule has 5 nitrogen and oxygen atoms in total. The molecular formula is C13H16N4OS. The maximum absolute atomic E-state index is 9.76. The van der Waals surface area contributed by atoms with Gasteiger partial charge in [0.2, 0.25) is 0 Å². The van der Waals surface area contributed by atoms with Crippen molar-refractivity contribution in [2.75, 3.05) is 11.5 Å². The second-order valence-corrected chi connectivity index (χ2v) is 5.09. The molecule has 5 N–H and O–H groups in total. The predicted molar refractivity (Wildman–Crippen MR) is 79.2 cm³/mol. The predicted octanol–water partition coefficient (Wildman–Crippen LogP) is 1.93. The van der Waals surface area contributed by atoms with Gasteiger partial charge >= 0.3 is 0 Å². The van der Waals surface area contributed by atoms with Crippen molar-refractivity contribution in [3.63, 3.8) is 0 Å². The molecule has 0 spiro atoms. The highest BCUT2D eigenvalue weighted by Gasteiger charge is 2.14. The molecule has 6 heteroatoms. The summed E-state index contributed by atoms with van der Waals surface area (Å²) in [6.07, 6.45) is 0.394. The SMILES string of the molecule is CC(S)c1nc(N)c(Cc2ccccc2O)c(N)n1. The number of benzene rings is 1. The summed E-state index contributed by atoms with van der Waals surface area (Å²) in [5.74, 6) is 1.35. The molecule has 0 bridgehead atoms. The van der Waals surface area contributed by atoms with E-state index in [1.54, 1.807) is 12.1 Å². The van der Waals surface area contributed by atoms with Crippen molar-refractivity contribution >= 4 is 24.3 Å². The van der Waals surface area contributed by atoms with Gasteiger partial charge in [-0.2, -0.15) is 12.6 Å². The lowest BCUT2D eigenvalue weighted by Gasteiger charge is -2.12. The van der Waals surface area contributed by atoms with Crippen molar-refractivity contribution in [2.45, 2.75) is 18.6 Å². The van der Waals surface area contributed by atoms with E-state index in [0.29, 0.717) is 29.4 Å². The van der Waals surface area contributed by atoms with Gasteiger partial charge in [-0.15, -0.1) is 0 Å². The molecule has 0 fully saturated rings. The number of thiol groups is 1. The Balaban J connectivity index is 2.39. The number of aromatic hydroxyl groups is 1. The fourth-order valence-corrected chi connectivity index (χ4v) is 1.87. The van der Waals surface area contributed by atoms with Crippen molar-refractivity contribution < 1.29 is 5.11 Å². The van der Waals surface area contributed by atoms with Crippen molar-refractivity contribution in [3.8, 4) is 5.75 Å². The fourth-order valence-electron chi connectivity index (χ4n) is 1.76. The molecule has 0 aliphatic rings. The third-order valence-corrected chi connectivity index (χ3v) is 3.05. The minimum Gasteiger partial charge on any atom is -0.508 e. The number of hydrogen-bond donors (Lipinski definition) is 4. The van der Waals surface area contributed by atoms with Crippen molar-refractivity contribution in [3.05, 3.63) is 41.2 Å². The van der Waals surface area contributed by atoms with Gasteiger partial charge in [0, 0.05) is 12.0 Å². The number of nitrogens with two attached hydrogens (primary N) is 2. The van der Waals surface area contributed by atoms with E-state index in [1.165, 1.54) is 0 Å². The van der Waals surface area contributed by atoms with Gasteiger partial charge in [0.15, 0.2) is 0 Å². The van der Waals surface area contributed by atoms with E-state index in [0.717, 1.165) is 5.56 Å². The highest BCUT2D eigenvalue weighted by atomic mass is 32.1. The van der Waals surface area contributed by atoms with E-state index in [2.05, 4.69) is 22.6 Å². The summed E-state index contributed by atoms with van der Waals surface area (Å²) in [7, 11) is 0. The van der Waals surface area contributed by atoms with E-state index in [9.17, 15) is 5.11 Å². The van der Waals surface area contributed by atoms with Gasteiger partial charge < -0.3 is 16.6 Å². The largest absolute Gasteiger partial charge is 0.508 e. The summed E-state index contributed by atoms with van der Waals surface area (Å²) >= 11 is 4.26. The Morgan fingerprint density at radius 1 is 1.21 bits per heavy atom. The van der Waals surface area contributed by atoms with Crippen molar-refractivity contribution in [2.24, 2.45) is 0 Å². The van der Waals surface area contributed by atoms with Crippen LogP contribution in [0.25, 0.3) is 0 Å². The molecule has 0 radical (unpaired) electrons. The maximum Gasteiger partial charge on any atom is 0.145 e. The average Bonchev–Trinajstić information content (AvgIpc) is 2.35.